The molecule has 33 heavy (non-hydrogen) atoms. The van der Waals surface area contributed by atoms with Gasteiger partial charge in [0, 0.05) is 51.4 Å². The van der Waals surface area contributed by atoms with Gasteiger partial charge in [-0.2, -0.15) is 5.10 Å². The van der Waals surface area contributed by atoms with Crippen LogP contribution in [0, 0.1) is 0 Å². The maximum absolute atomic E-state index is 13.5. The van der Waals surface area contributed by atoms with E-state index in [-0.39, 0.29) is 11.8 Å². The van der Waals surface area contributed by atoms with Crippen LogP contribution < -0.4 is 0 Å². The van der Waals surface area contributed by atoms with Gasteiger partial charge in [0.05, 0.1) is 29.9 Å². The number of nitrogens with zero attached hydrogens (tertiary/aromatic N) is 6. The number of carbonyl (C=O) groups excluding carboxylic acids is 2. The van der Waals surface area contributed by atoms with Gasteiger partial charge >= 0.3 is 0 Å². The minimum atomic E-state index is -0.403. The summed E-state index contributed by atoms with van der Waals surface area (Å²) >= 11 is 0. The van der Waals surface area contributed by atoms with Crippen LogP contribution in [0.5, 0.6) is 0 Å². The summed E-state index contributed by atoms with van der Waals surface area (Å²) in [5.74, 6) is -0.0700. The molecule has 2 aromatic heterocycles. The molecule has 2 fully saturated rings. The molecule has 5 rings (SSSR count). The number of morpholine rings is 1. The molecule has 172 valence electrons. The van der Waals surface area contributed by atoms with E-state index in [4.69, 9.17) is 9.72 Å². The van der Waals surface area contributed by atoms with E-state index in [0.717, 1.165) is 24.0 Å². The lowest BCUT2D eigenvalue weighted by Gasteiger charge is -2.34. The Morgan fingerprint density at radius 1 is 0.970 bits per heavy atom. The largest absolute Gasteiger partial charge is 0.368 e. The number of benzene rings is 1. The highest BCUT2D eigenvalue weighted by Crippen LogP contribution is 2.27. The third kappa shape index (κ3) is 4.21. The zero-order valence-electron chi connectivity index (χ0n) is 19.0. The van der Waals surface area contributed by atoms with Crippen molar-refractivity contribution >= 4 is 22.7 Å². The van der Waals surface area contributed by atoms with E-state index in [2.05, 4.69) is 17.0 Å². The van der Waals surface area contributed by atoms with Gasteiger partial charge in [-0.05, 0) is 25.2 Å². The predicted octanol–water partition coefficient (Wildman–Crippen LogP) is 1.57. The van der Waals surface area contributed by atoms with Gasteiger partial charge in [-0.3, -0.25) is 14.3 Å². The fraction of sp³-hybridized carbons (Fsp3) is 0.417. The normalized spacial score (nSPS) is 19.8. The lowest BCUT2D eigenvalue weighted by Crippen LogP contribution is -2.47. The number of aryl methyl sites for hydroxylation is 1. The van der Waals surface area contributed by atoms with Crippen LogP contribution in [0.25, 0.3) is 10.9 Å². The Morgan fingerprint density at radius 3 is 2.52 bits per heavy atom. The number of hydrogen-bond acceptors (Lipinski definition) is 6. The van der Waals surface area contributed by atoms with Crippen molar-refractivity contribution in [2.24, 2.45) is 7.05 Å². The van der Waals surface area contributed by atoms with Crippen LogP contribution in [0.1, 0.15) is 32.6 Å². The van der Waals surface area contributed by atoms with Gasteiger partial charge in [-0.1, -0.05) is 18.2 Å². The number of carbonyl (C=O) groups is 2. The van der Waals surface area contributed by atoms with E-state index < -0.39 is 6.10 Å². The van der Waals surface area contributed by atoms with Gasteiger partial charge in [-0.15, -0.1) is 0 Å². The lowest BCUT2D eigenvalue weighted by molar-refractivity contribution is -0.0249. The summed E-state index contributed by atoms with van der Waals surface area (Å²) < 4.78 is 7.60. The number of pyridine rings is 1. The van der Waals surface area contributed by atoms with Crippen LogP contribution in [0.2, 0.25) is 0 Å². The molecule has 4 heterocycles. The maximum atomic E-state index is 13.5. The van der Waals surface area contributed by atoms with Crippen molar-refractivity contribution in [1.82, 2.24) is 29.5 Å². The molecule has 9 nitrogen and oxygen atoms in total. The maximum Gasteiger partial charge on any atom is 0.272 e. The summed E-state index contributed by atoms with van der Waals surface area (Å²) in [5.41, 5.74) is 2.60. The van der Waals surface area contributed by atoms with Crippen molar-refractivity contribution in [3.8, 4) is 0 Å². The molecule has 9 heteroatoms. The number of amides is 2. The number of hydrogen-bond donors (Lipinski definition) is 0. The Balaban J connectivity index is 1.45. The first-order valence-corrected chi connectivity index (χ1v) is 11.3. The first-order valence-electron chi connectivity index (χ1n) is 11.3. The fourth-order valence-corrected chi connectivity index (χ4v) is 4.48. The Bertz CT molecular complexity index is 1180. The number of rotatable bonds is 3. The van der Waals surface area contributed by atoms with Crippen LogP contribution >= 0.6 is 0 Å². The number of aromatic nitrogens is 3. The highest BCUT2D eigenvalue weighted by atomic mass is 16.5. The van der Waals surface area contributed by atoms with E-state index in [1.165, 1.54) is 0 Å². The topological polar surface area (TPSA) is 83.8 Å². The van der Waals surface area contributed by atoms with Crippen LogP contribution in [-0.2, 0) is 11.8 Å². The molecule has 3 aromatic rings. The number of ether oxygens (including phenoxy) is 1. The van der Waals surface area contributed by atoms with Gasteiger partial charge in [0.25, 0.3) is 11.8 Å². The standard InChI is InChI=1S/C24H28N6O3/c1-27-9-11-29(12-10-27)23(31)18-15-20(26-19-6-4-3-5-17(18)19)22-16-30(13-14-33-22)24(32)21-7-8-25-28(21)2/h3-8,15,22H,9-14,16H2,1-2H3. The van der Waals surface area contributed by atoms with Gasteiger partial charge in [-0.25, -0.2) is 4.98 Å². The second kappa shape index (κ2) is 8.92. The molecule has 2 aliphatic rings. The first-order chi connectivity index (χ1) is 16.0. The Labute approximate surface area is 192 Å². The summed E-state index contributed by atoms with van der Waals surface area (Å²) in [6.07, 6.45) is 1.21. The van der Waals surface area contributed by atoms with E-state index in [1.54, 1.807) is 28.9 Å². The van der Waals surface area contributed by atoms with Gasteiger partial charge in [0.2, 0.25) is 0 Å². The molecule has 0 spiro atoms. The van der Waals surface area contributed by atoms with Crippen molar-refractivity contribution in [2.75, 3.05) is 52.9 Å². The Kier molecular flexibility index (Phi) is 5.82. The molecule has 1 aromatic carbocycles. The van der Waals surface area contributed by atoms with Gasteiger partial charge < -0.3 is 19.4 Å². The third-order valence-electron chi connectivity index (χ3n) is 6.48. The van der Waals surface area contributed by atoms with E-state index >= 15 is 0 Å². The van der Waals surface area contributed by atoms with Crippen LogP contribution in [0.3, 0.4) is 0 Å². The fourth-order valence-electron chi connectivity index (χ4n) is 4.48. The molecule has 0 aliphatic carbocycles. The molecule has 2 amide bonds. The Morgan fingerprint density at radius 2 is 1.76 bits per heavy atom. The molecule has 0 saturated carbocycles. The zero-order valence-corrected chi connectivity index (χ0v) is 19.0. The monoisotopic (exact) mass is 448 g/mol. The zero-order chi connectivity index (χ0) is 22.9. The average Bonchev–Trinajstić information content (AvgIpc) is 3.28. The summed E-state index contributed by atoms with van der Waals surface area (Å²) in [4.78, 5) is 37.2. The molecule has 2 aliphatic heterocycles. The molecule has 0 N–H and O–H groups in total. The minimum absolute atomic E-state index is 0.0153. The molecule has 1 atom stereocenters. The molecular formula is C24H28N6O3. The highest BCUT2D eigenvalue weighted by molar-refractivity contribution is 6.06. The minimum Gasteiger partial charge on any atom is -0.368 e. The van der Waals surface area contributed by atoms with Crippen LogP contribution in [-0.4, -0.2) is 94.2 Å². The van der Waals surface area contributed by atoms with Gasteiger partial charge in [0.1, 0.15) is 11.8 Å². The SMILES string of the molecule is CN1CCN(C(=O)c2cc(C3CN(C(=O)c4ccnn4C)CCO3)nc3ccccc23)CC1. The molecular weight excluding hydrogens is 420 g/mol. The Hall–Kier alpha value is -3.30. The number of para-hydroxylation sites is 1. The van der Waals surface area contributed by atoms with Gasteiger partial charge in [0.15, 0.2) is 0 Å². The smallest absolute Gasteiger partial charge is 0.272 e. The quantitative estimate of drug-likeness (QED) is 0.605. The second-order valence-electron chi connectivity index (χ2n) is 8.66. The van der Waals surface area contributed by atoms with E-state index in [1.807, 2.05) is 35.2 Å². The van der Waals surface area contributed by atoms with Crippen molar-refractivity contribution < 1.29 is 14.3 Å². The summed E-state index contributed by atoms with van der Waals surface area (Å²) in [5, 5.41) is 4.94. The molecule has 0 radical (unpaired) electrons. The lowest BCUT2D eigenvalue weighted by atomic mass is 10.0. The highest BCUT2D eigenvalue weighted by Gasteiger charge is 2.30. The second-order valence-corrected chi connectivity index (χ2v) is 8.66. The molecule has 0 bridgehead atoms. The van der Waals surface area contributed by atoms with Crippen LogP contribution in [0.15, 0.2) is 42.6 Å². The molecule has 2 saturated heterocycles. The van der Waals surface area contributed by atoms with Crippen molar-refractivity contribution in [3.63, 3.8) is 0 Å². The van der Waals surface area contributed by atoms with Crippen molar-refractivity contribution in [1.29, 1.82) is 0 Å². The van der Waals surface area contributed by atoms with Crippen molar-refractivity contribution in [3.05, 3.63) is 59.5 Å². The van der Waals surface area contributed by atoms with Crippen LogP contribution in [0.4, 0.5) is 0 Å². The number of likely N-dealkylation sites (N-methyl/N-ethyl adjacent to an activating group) is 1. The summed E-state index contributed by atoms with van der Waals surface area (Å²) in [6.45, 7) is 4.41. The predicted molar refractivity (Wildman–Crippen MR) is 123 cm³/mol. The van der Waals surface area contributed by atoms with E-state index in [9.17, 15) is 9.59 Å². The first kappa shape index (κ1) is 21.5. The summed E-state index contributed by atoms with van der Waals surface area (Å²) in [7, 11) is 3.83. The van der Waals surface area contributed by atoms with E-state index in [0.29, 0.717) is 49.7 Å². The number of piperazine rings is 1. The number of fused-ring (bicyclic) bond motifs is 1. The third-order valence-corrected chi connectivity index (χ3v) is 6.48. The summed E-state index contributed by atoms with van der Waals surface area (Å²) in [6, 6.07) is 11.3. The average molecular weight is 449 g/mol. The molecule has 1 unspecified atom stereocenters. The van der Waals surface area contributed by atoms with Crippen molar-refractivity contribution in [2.45, 2.75) is 6.10 Å².